The van der Waals surface area contributed by atoms with Crippen LogP contribution < -0.4 is 0 Å². The Kier molecular flexibility index (Phi) is 7.07. The molecule has 3 heterocycles. The molecule has 0 bridgehead atoms. The molecule has 0 saturated carbocycles. The van der Waals surface area contributed by atoms with E-state index in [-0.39, 0.29) is 5.41 Å². The summed E-state index contributed by atoms with van der Waals surface area (Å²) < 4.78 is 4.88. The Bertz CT molecular complexity index is 3560. The van der Waals surface area contributed by atoms with Gasteiger partial charge in [0, 0.05) is 60.1 Å². The maximum absolute atomic E-state index is 5.47. The highest BCUT2D eigenvalue weighted by Gasteiger charge is 2.37. The minimum atomic E-state index is -0.0972. The van der Waals surface area contributed by atoms with E-state index >= 15 is 0 Å². The zero-order valence-corrected chi connectivity index (χ0v) is 33.9. The summed E-state index contributed by atoms with van der Waals surface area (Å²) in [4.78, 5) is 5.47. The molecule has 3 nitrogen and oxygen atoms in total. The van der Waals surface area contributed by atoms with Crippen molar-refractivity contribution in [2.24, 2.45) is 0 Å². The van der Waals surface area contributed by atoms with Gasteiger partial charge in [-0.15, -0.1) is 0 Å². The molecule has 3 aromatic heterocycles. The van der Waals surface area contributed by atoms with Crippen LogP contribution in [0.5, 0.6) is 0 Å². The summed E-state index contributed by atoms with van der Waals surface area (Å²) in [5, 5.41) is 8.63. The van der Waals surface area contributed by atoms with Crippen LogP contribution in [0.1, 0.15) is 25.0 Å². The number of nitrogens with zero attached hydrogens (tertiary/aromatic N) is 3. The second-order valence-corrected chi connectivity index (χ2v) is 17.1. The number of rotatable bonds is 4. The van der Waals surface area contributed by atoms with Gasteiger partial charge in [0.25, 0.3) is 0 Å². The maximum atomic E-state index is 5.47. The molecular weight excluding hydrogens is 739 g/mol. The topological polar surface area (TPSA) is 22.8 Å². The molecule has 0 aliphatic heterocycles. The van der Waals surface area contributed by atoms with Crippen molar-refractivity contribution >= 4 is 65.3 Å². The fourth-order valence-electron chi connectivity index (χ4n) is 10.7. The van der Waals surface area contributed by atoms with Crippen LogP contribution in [0.25, 0.3) is 110 Å². The van der Waals surface area contributed by atoms with Crippen molar-refractivity contribution < 1.29 is 0 Å². The number of aromatic nitrogens is 3. The van der Waals surface area contributed by atoms with E-state index in [1.54, 1.807) is 0 Å². The van der Waals surface area contributed by atoms with Crippen molar-refractivity contribution in [2.75, 3.05) is 0 Å². The van der Waals surface area contributed by atoms with E-state index in [9.17, 15) is 0 Å². The molecule has 0 fully saturated rings. The number of benzene rings is 9. The SMILES string of the molecule is CC1(C)c2ccccc2-c2c1ccc1c(-c3cccc(-c4cc(-n5c6ccccc6c6ccccc65)cc(-n5c6ccccc6c6ccccc65)c4)c3)nc3ccccc3c21. The van der Waals surface area contributed by atoms with Crippen LogP contribution in [0.3, 0.4) is 0 Å². The Morgan fingerprint density at radius 1 is 0.377 bits per heavy atom. The van der Waals surface area contributed by atoms with Crippen molar-refractivity contribution in [3.63, 3.8) is 0 Å². The van der Waals surface area contributed by atoms with Crippen molar-refractivity contribution in [1.29, 1.82) is 0 Å². The molecule has 0 unspecified atom stereocenters. The quantitative estimate of drug-likeness (QED) is 0.163. The summed E-state index contributed by atoms with van der Waals surface area (Å²) in [7, 11) is 0. The number of hydrogen-bond donors (Lipinski definition) is 0. The van der Waals surface area contributed by atoms with E-state index in [4.69, 9.17) is 4.98 Å². The Morgan fingerprint density at radius 2 is 0.885 bits per heavy atom. The molecule has 1 aliphatic rings. The lowest BCUT2D eigenvalue weighted by Gasteiger charge is -2.22. The number of hydrogen-bond acceptors (Lipinski definition) is 1. The molecule has 0 radical (unpaired) electrons. The molecule has 0 spiro atoms. The highest BCUT2D eigenvalue weighted by atomic mass is 15.0. The first-order valence-electron chi connectivity index (χ1n) is 21.2. The molecular formula is C58H39N3. The van der Waals surface area contributed by atoms with Crippen LogP contribution >= 0.6 is 0 Å². The Labute approximate surface area is 353 Å². The van der Waals surface area contributed by atoms with Gasteiger partial charge in [-0.05, 0) is 88.0 Å². The van der Waals surface area contributed by atoms with Crippen molar-refractivity contribution in [3.05, 3.63) is 211 Å². The summed E-state index contributed by atoms with van der Waals surface area (Å²) in [6.07, 6.45) is 0. The summed E-state index contributed by atoms with van der Waals surface area (Å²) in [5.74, 6) is 0. The van der Waals surface area contributed by atoms with Gasteiger partial charge in [-0.2, -0.15) is 0 Å². The minimum Gasteiger partial charge on any atom is -0.309 e. The van der Waals surface area contributed by atoms with E-state index in [0.29, 0.717) is 0 Å². The van der Waals surface area contributed by atoms with E-state index in [1.165, 1.54) is 82.0 Å². The fourth-order valence-corrected chi connectivity index (χ4v) is 10.7. The van der Waals surface area contributed by atoms with Gasteiger partial charge in [-0.1, -0.05) is 159 Å². The van der Waals surface area contributed by atoms with Crippen molar-refractivity contribution in [3.8, 4) is 44.9 Å². The van der Waals surface area contributed by atoms with Gasteiger partial charge in [0.15, 0.2) is 0 Å². The Hall–Kier alpha value is -7.75. The second kappa shape index (κ2) is 12.6. The van der Waals surface area contributed by atoms with Gasteiger partial charge in [-0.25, -0.2) is 4.98 Å². The first-order valence-corrected chi connectivity index (χ1v) is 21.2. The Morgan fingerprint density at radius 3 is 1.49 bits per heavy atom. The third-order valence-electron chi connectivity index (χ3n) is 13.5. The first-order chi connectivity index (χ1) is 30.0. The van der Waals surface area contributed by atoms with Crippen LogP contribution in [-0.2, 0) is 5.41 Å². The average Bonchev–Trinajstić information content (AvgIpc) is 3.92. The predicted molar refractivity (Wildman–Crippen MR) is 256 cm³/mol. The van der Waals surface area contributed by atoms with Crippen LogP contribution in [0.2, 0.25) is 0 Å². The smallest absolute Gasteiger partial charge is 0.0788 e. The van der Waals surface area contributed by atoms with Gasteiger partial charge < -0.3 is 9.13 Å². The lowest BCUT2D eigenvalue weighted by Crippen LogP contribution is -2.14. The van der Waals surface area contributed by atoms with Crippen LogP contribution in [0.4, 0.5) is 0 Å². The summed E-state index contributed by atoms with van der Waals surface area (Å²) in [6.45, 7) is 4.72. The highest BCUT2D eigenvalue weighted by Crippen LogP contribution is 2.53. The zero-order chi connectivity index (χ0) is 40.4. The zero-order valence-electron chi connectivity index (χ0n) is 33.9. The number of pyridine rings is 1. The van der Waals surface area contributed by atoms with Crippen molar-refractivity contribution in [2.45, 2.75) is 19.3 Å². The van der Waals surface area contributed by atoms with Crippen LogP contribution in [0, 0.1) is 0 Å². The predicted octanol–water partition coefficient (Wildman–Crippen LogP) is 15.2. The molecule has 0 atom stereocenters. The normalized spacial score (nSPS) is 13.2. The van der Waals surface area contributed by atoms with E-state index < -0.39 is 0 Å². The molecule has 3 heteroatoms. The Balaban J connectivity index is 1.08. The standard InChI is InChI=1S/C58H39N3/c1-58(2)48-24-9-3-22-45(48)56-49(58)31-30-47-55(56)46-23-4-10-25-50(46)59-57(47)37-17-15-16-36(32-37)38-33-39(60-51-26-11-5-18-41(51)42-19-6-12-27-52(42)60)35-40(34-38)61-53-28-13-7-20-43(53)44-21-8-14-29-54(44)61/h3-35H,1-2H3. The maximum Gasteiger partial charge on any atom is 0.0788 e. The number of para-hydroxylation sites is 5. The molecule has 286 valence electrons. The lowest BCUT2D eigenvalue weighted by molar-refractivity contribution is 0.661. The molecule has 0 N–H and O–H groups in total. The van der Waals surface area contributed by atoms with Crippen molar-refractivity contribution in [1.82, 2.24) is 14.1 Å². The van der Waals surface area contributed by atoms with E-state index in [1.807, 2.05) is 0 Å². The van der Waals surface area contributed by atoms with Crippen LogP contribution in [0.15, 0.2) is 200 Å². The molecule has 12 aromatic rings. The van der Waals surface area contributed by atoms with Gasteiger partial charge in [0.1, 0.15) is 0 Å². The second-order valence-electron chi connectivity index (χ2n) is 17.1. The van der Waals surface area contributed by atoms with Gasteiger partial charge in [0.2, 0.25) is 0 Å². The molecule has 9 aromatic carbocycles. The largest absolute Gasteiger partial charge is 0.309 e. The third kappa shape index (κ3) is 4.83. The van der Waals surface area contributed by atoms with Gasteiger partial charge in [0.05, 0.1) is 33.3 Å². The average molecular weight is 778 g/mol. The highest BCUT2D eigenvalue weighted by molar-refractivity contribution is 6.19. The molecule has 61 heavy (non-hydrogen) atoms. The molecule has 13 rings (SSSR count). The fraction of sp³-hybridized carbons (Fsp3) is 0.0517. The summed E-state index contributed by atoms with van der Waals surface area (Å²) in [6, 6.07) is 73.6. The molecule has 0 amide bonds. The number of fused-ring (bicyclic) bond motifs is 13. The molecule has 0 saturated heterocycles. The van der Waals surface area contributed by atoms with Gasteiger partial charge in [-0.3, -0.25) is 0 Å². The van der Waals surface area contributed by atoms with E-state index in [0.717, 1.165) is 39.3 Å². The molecule has 1 aliphatic carbocycles. The minimum absolute atomic E-state index is 0.0972. The van der Waals surface area contributed by atoms with E-state index in [2.05, 4.69) is 223 Å². The van der Waals surface area contributed by atoms with Gasteiger partial charge >= 0.3 is 0 Å². The monoisotopic (exact) mass is 777 g/mol. The first kappa shape index (κ1) is 34.1. The summed E-state index contributed by atoms with van der Waals surface area (Å²) >= 11 is 0. The van der Waals surface area contributed by atoms with Crippen LogP contribution in [-0.4, -0.2) is 14.1 Å². The third-order valence-corrected chi connectivity index (χ3v) is 13.5. The lowest BCUT2D eigenvalue weighted by atomic mass is 9.81. The summed E-state index contributed by atoms with van der Waals surface area (Å²) in [5.41, 5.74) is 17.7.